The predicted octanol–water partition coefficient (Wildman–Crippen LogP) is 2.95. The Morgan fingerprint density at radius 3 is 2.38 bits per heavy atom. The molecule has 0 fully saturated rings. The smallest absolute Gasteiger partial charge is 0.123 e. The maximum absolute atomic E-state index is 12.8. The van der Waals surface area contributed by atoms with Crippen LogP contribution in [-0.2, 0) is 0 Å². The lowest BCUT2D eigenvalue weighted by Gasteiger charge is -2.04. The summed E-state index contributed by atoms with van der Waals surface area (Å²) in [6.07, 6.45) is 0. The lowest BCUT2D eigenvalue weighted by molar-refractivity contribution is 0.628. The van der Waals surface area contributed by atoms with Gasteiger partial charge in [-0.2, -0.15) is 5.26 Å². The molecule has 78 valence electrons. The molecule has 0 amide bonds. The van der Waals surface area contributed by atoms with Crippen LogP contribution in [0, 0.1) is 17.1 Å². The Kier molecular flexibility index (Phi) is 2.57. The monoisotopic (exact) mass is 212 g/mol. The van der Waals surface area contributed by atoms with Crippen LogP contribution >= 0.6 is 0 Å². The van der Waals surface area contributed by atoms with E-state index in [1.54, 1.807) is 30.3 Å². The fraction of sp³-hybridized carbons (Fsp3) is 0. The number of hydrogen-bond donors (Lipinski definition) is 1. The Morgan fingerprint density at radius 1 is 1.06 bits per heavy atom. The zero-order chi connectivity index (χ0) is 11.5. The summed E-state index contributed by atoms with van der Waals surface area (Å²) in [7, 11) is 0. The summed E-state index contributed by atoms with van der Waals surface area (Å²) in [5, 5.41) is 8.98. The van der Waals surface area contributed by atoms with Gasteiger partial charge in [0.2, 0.25) is 0 Å². The van der Waals surface area contributed by atoms with E-state index < -0.39 is 0 Å². The van der Waals surface area contributed by atoms with E-state index in [9.17, 15) is 4.39 Å². The minimum atomic E-state index is -0.294. The first-order valence-electron chi connectivity index (χ1n) is 4.76. The molecule has 2 rings (SSSR count). The summed E-state index contributed by atoms with van der Waals surface area (Å²) in [5.41, 5.74) is 8.19. The molecule has 0 atom stereocenters. The van der Waals surface area contributed by atoms with Crippen molar-refractivity contribution < 1.29 is 4.39 Å². The minimum Gasteiger partial charge on any atom is -0.399 e. The van der Waals surface area contributed by atoms with Crippen molar-refractivity contribution in [3.05, 3.63) is 53.8 Å². The van der Waals surface area contributed by atoms with Crippen molar-refractivity contribution in [2.45, 2.75) is 0 Å². The van der Waals surface area contributed by atoms with Crippen LogP contribution in [0.4, 0.5) is 10.1 Å². The molecule has 0 aliphatic carbocycles. The van der Waals surface area contributed by atoms with Crippen molar-refractivity contribution in [1.29, 1.82) is 5.26 Å². The maximum atomic E-state index is 12.8. The fourth-order valence-electron chi connectivity index (χ4n) is 1.54. The molecule has 2 N–H and O–H groups in total. The lowest BCUT2D eigenvalue weighted by Crippen LogP contribution is -1.89. The number of nitriles is 1. The van der Waals surface area contributed by atoms with Crippen molar-refractivity contribution in [1.82, 2.24) is 0 Å². The molecule has 0 aromatic heterocycles. The van der Waals surface area contributed by atoms with E-state index in [1.165, 1.54) is 12.1 Å². The number of nitrogens with two attached hydrogens (primary N) is 1. The van der Waals surface area contributed by atoms with E-state index in [0.717, 1.165) is 11.1 Å². The molecule has 2 aromatic rings. The zero-order valence-electron chi connectivity index (χ0n) is 8.44. The first-order chi connectivity index (χ1) is 7.70. The van der Waals surface area contributed by atoms with Crippen LogP contribution in [0.1, 0.15) is 5.56 Å². The highest BCUT2D eigenvalue weighted by atomic mass is 19.1. The third-order valence-corrected chi connectivity index (χ3v) is 2.32. The number of benzene rings is 2. The molecule has 0 saturated carbocycles. The lowest BCUT2D eigenvalue weighted by atomic mass is 10.00. The summed E-state index contributed by atoms with van der Waals surface area (Å²) in [4.78, 5) is 0. The number of anilines is 1. The fourth-order valence-corrected chi connectivity index (χ4v) is 1.54. The number of rotatable bonds is 1. The van der Waals surface area contributed by atoms with Crippen LogP contribution < -0.4 is 5.73 Å². The Balaban J connectivity index is 2.56. The zero-order valence-corrected chi connectivity index (χ0v) is 8.44. The highest BCUT2D eigenvalue weighted by Crippen LogP contribution is 2.25. The Labute approximate surface area is 92.8 Å². The number of hydrogen-bond acceptors (Lipinski definition) is 2. The molecule has 0 bridgehead atoms. The van der Waals surface area contributed by atoms with Gasteiger partial charge in [0.05, 0.1) is 11.6 Å². The van der Waals surface area contributed by atoms with E-state index >= 15 is 0 Å². The number of halogens is 1. The molecule has 0 aliphatic rings. The van der Waals surface area contributed by atoms with Crippen LogP contribution in [-0.4, -0.2) is 0 Å². The first-order valence-corrected chi connectivity index (χ1v) is 4.76. The van der Waals surface area contributed by atoms with Gasteiger partial charge in [0.15, 0.2) is 0 Å². The van der Waals surface area contributed by atoms with E-state index in [4.69, 9.17) is 11.0 Å². The Morgan fingerprint density at radius 2 is 1.75 bits per heavy atom. The van der Waals surface area contributed by atoms with Crippen LogP contribution in [0.5, 0.6) is 0 Å². The second-order valence-electron chi connectivity index (χ2n) is 3.42. The van der Waals surface area contributed by atoms with Gasteiger partial charge in [-0.15, -0.1) is 0 Å². The van der Waals surface area contributed by atoms with Crippen molar-refractivity contribution >= 4 is 5.69 Å². The van der Waals surface area contributed by atoms with Crippen molar-refractivity contribution in [3.8, 4) is 17.2 Å². The van der Waals surface area contributed by atoms with Crippen LogP contribution in [0.3, 0.4) is 0 Å². The molecule has 0 saturated heterocycles. The highest BCUT2D eigenvalue weighted by molar-refractivity contribution is 5.72. The summed E-state index contributed by atoms with van der Waals surface area (Å²) in [5.74, 6) is -0.294. The van der Waals surface area contributed by atoms with E-state index in [-0.39, 0.29) is 5.82 Å². The number of nitrogen functional groups attached to an aromatic ring is 1. The quantitative estimate of drug-likeness (QED) is 0.739. The van der Waals surface area contributed by atoms with Gasteiger partial charge in [-0.3, -0.25) is 0 Å². The van der Waals surface area contributed by atoms with Gasteiger partial charge < -0.3 is 5.73 Å². The average molecular weight is 212 g/mol. The summed E-state index contributed by atoms with van der Waals surface area (Å²) < 4.78 is 12.8. The molecule has 0 unspecified atom stereocenters. The van der Waals surface area contributed by atoms with E-state index in [2.05, 4.69) is 6.07 Å². The normalized spacial score (nSPS) is 9.75. The van der Waals surface area contributed by atoms with Gasteiger partial charge in [-0.25, -0.2) is 4.39 Å². The summed E-state index contributed by atoms with van der Waals surface area (Å²) in [6.45, 7) is 0. The maximum Gasteiger partial charge on any atom is 0.123 e. The average Bonchev–Trinajstić information content (AvgIpc) is 2.30. The van der Waals surface area contributed by atoms with Crippen molar-refractivity contribution in [3.63, 3.8) is 0 Å². The van der Waals surface area contributed by atoms with Gasteiger partial charge in [0.25, 0.3) is 0 Å². The molecular formula is C13H9FN2. The third kappa shape index (κ3) is 1.86. The predicted molar refractivity (Wildman–Crippen MR) is 61.0 cm³/mol. The molecule has 0 heterocycles. The summed E-state index contributed by atoms with van der Waals surface area (Å²) in [6, 6.07) is 13.2. The molecule has 0 radical (unpaired) electrons. The molecular weight excluding hydrogens is 203 g/mol. The molecule has 3 heteroatoms. The molecule has 16 heavy (non-hydrogen) atoms. The molecule has 2 aromatic carbocycles. The van der Waals surface area contributed by atoms with Gasteiger partial charge in [0.1, 0.15) is 5.82 Å². The van der Waals surface area contributed by atoms with Gasteiger partial charge in [0, 0.05) is 5.69 Å². The van der Waals surface area contributed by atoms with E-state index in [0.29, 0.717) is 11.3 Å². The molecule has 2 nitrogen and oxygen atoms in total. The van der Waals surface area contributed by atoms with Crippen LogP contribution in [0.2, 0.25) is 0 Å². The van der Waals surface area contributed by atoms with Crippen LogP contribution in [0.25, 0.3) is 11.1 Å². The highest BCUT2D eigenvalue weighted by Gasteiger charge is 2.05. The SMILES string of the molecule is N#Cc1cc(N)ccc1-c1ccc(F)cc1. The second-order valence-corrected chi connectivity index (χ2v) is 3.42. The molecule has 0 aliphatic heterocycles. The largest absolute Gasteiger partial charge is 0.399 e. The third-order valence-electron chi connectivity index (χ3n) is 2.32. The molecule has 0 spiro atoms. The number of nitrogens with zero attached hydrogens (tertiary/aromatic N) is 1. The minimum absolute atomic E-state index is 0.294. The Bertz CT molecular complexity index is 553. The van der Waals surface area contributed by atoms with Gasteiger partial charge >= 0.3 is 0 Å². The first kappa shape index (κ1) is 10.2. The Hall–Kier alpha value is -2.34. The summed E-state index contributed by atoms with van der Waals surface area (Å²) >= 11 is 0. The van der Waals surface area contributed by atoms with Gasteiger partial charge in [-0.05, 0) is 35.4 Å². The standard InChI is InChI=1S/C13H9FN2/c14-11-3-1-9(2-4-11)13-6-5-12(16)7-10(13)8-15/h1-7H,16H2. The topological polar surface area (TPSA) is 49.8 Å². The van der Waals surface area contributed by atoms with Crippen LogP contribution in [0.15, 0.2) is 42.5 Å². The second kappa shape index (κ2) is 4.03. The van der Waals surface area contributed by atoms with Crippen molar-refractivity contribution in [2.75, 3.05) is 5.73 Å². The van der Waals surface area contributed by atoms with E-state index in [1.807, 2.05) is 0 Å². The van der Waals surface area contributed by atoms with Gasteiger partial charge in [-0.1, -0.05) is 18.2 Å². The van der Waals surface area contributed by atoms with Crippen molar-refractivity contribution in [2.24, 2.45) is 0 Å².